The second-order valence-corrected chi connectivity index (χ2v) is 3.00. The maximum absolute atomic E-state index is 8.69. The van der Waals surface area contributed by atoms with Crippen molar-refractivity contribution in [1.29, 1.82) is 5.26 Å². The van der Waals surface area contributed by atoms with Crippen molar-refractivity contribution in [2.45, 2.75) is 6.92 Å². The van der Waals surface area contributed by atoms with Crippen LogP contribution in [0.15, 0.2) is 34.6 Å². The number of nitrogens with zero attached hydrogens (tertiary/aromatic N) is 3. The highest BCUT2D eigenvalue weighted by atomic mass is 16.6. The Morgan fingerprint density at radius 1 is 1.38 bits per heavy atom. The normalized spacial score (nSPS) is 12.1. The van der Waals surface area contributed by atoms with Gasteiger partial charge in [0.1, 0.15) is 18.5 Å². The number of benzene rings is 1. The van der Waals surface area contributed by atoms with E-state index in [2.05, 4.69) is 15.1 Å². The first-order valence-electron chi connectivity index (χ1n) is 4.53. The van der Waals surface area contributed by atoms with E-state index >= 15 is 0 Å². The molecule has 0 fully saturated rings. The number of hydrogen-bond acceptors (Lipinski definition) is 5. The van der Waals surface area contributed by atoms with Gasteiger partial charge in [0.15, 0.2) is 0 Å². The van der Waals surface area contributed by atoms with Gasteiger partial charge in [-0.1, -0.05) is 22.4 Å². The number of oxime groups is 2. The largest absolute Gasteiger partial charge is 0.411 e. The molecule has 1 rings (SSSR count). The van der Waals surface area contributed by atoms with Crippen LogP contribution < -0.4 is 0 Å². The monoisotopic (exact) mass is 217 g/mol. The van der Waals surface area contributed by atoms with E-state index in [1.165, 1.54) is 7.11 Å². The van der Waals surface area contributed by atoms with Crippen LogP contribution in [0.5, 0.6) is 0 Å². The van der Waals surface area contributed by atoms with Gasteiger partial charge in [0.25, 0.3) is 0 Å². The fourth-order valence-corrected chi connectivity index (χ4v) is 1.17. The van der Waals surface area contributed by atoms with E-state index in [1.54, 1.807) is 31.2 Å². The third kappa shape index (κ3) is 2.58. The highest BCUT2D eigenvalue weighted by Gasteiger charge is 2.08. The highest BCUT2D eigenvalue weighted by Crippen LogP contribution is 2.06. The average Bonchev–Trinajstić information content (AvgIpc) is 2.35. The lowest BCUT2D eigenvalue weighted by atomic mass is 10.1. The molecule has 0 atom stereocenters. The van der Waals surface area contributed by atoms with Gasteiger partial charge in [0.2, 0.25) is 0 Å². The van der Waals surface area contributed by atoms with Crippen LogP contribution in [0.1, 0.15) is 18.1 Å². The topological polar surface area (TPSA) is 78.0 Å². The molecule has 0 amide bonds. The van der Waals surface area contributed by atoms with Gasteiger partial charge in [-0.3, -0.25) is 0 Å². The molecule has 0 bridgehead atoms. The zero-order chi connectivity index (χ0) is 12.0. The average molecular weight is 217 g/mol. The lowest BCUT2D eigenvalue weighted by molar-refractivity contribution is 0.214. The van der Waals surface area contributed by atoms with Gasteiger partial charge in [-0.2, -0.15) is 5.26 Å². The summed E-state index contributed by atoms with van der Waals surface area (Å²) in [6, 6.07) is 8.76. The van der Waals surface area contributed by atoms with Crippen LogP contribution >= 0.6 is 0 Å². The first-order chi connectivity index (χ1) is 7.72. The van der Waals surface area contributed by atoms with Gasteiger partial charge < -0.3 is 10.0 Å². The maximum Gasteiger partial charge on any atom is 0.134 e. The minimum Gasteiger partial charge on any atom is -0.411 e. The Balaban J connectivity index is 3.13. The van der Waals surface area contributed by atoms with Crippen molar-refractivity contribution in [1.82, 2.24) is 0 Å². The first kappa shape index (κ1) is 11.7. The van der Waals surface area contributed by atoms with Gasteiger partial charge in [-0.25, -0.2) is 0 Å². The smallest absolute Gasteiger partial charge is 0.134 e. The van der Waals surface area contributed by atoms with Gasteiger partial charge in [0, 0.05) is 5.56 Å². The summed E-state index contributed by atoms with van der Waals surface area (Å²) < 4.78 is 0. The summed E-state index contributed by atoms with van der Waals surface area (Å²) in [4.78, 5) is 4.67. The second-order valence-electron chi connectivity index (χ2n) is 3.00. The van der Waals surface area contributed by atoms with Crippen molar-refractivity contribution < 1.29 is 10.0 Å². The van der Waals surface area contributed by atoms with Crippen LogP contribution in [0.3, 0.4) is 0 Å². The summed E-state index contributed by atoms with van der Waals surface area (Å²) in [7, 11) is 1.41. The van der Waals surface area contributed by atoms with E-state index in [0.717, 1.165) is 5.56 Å². The summed E-state index contributed by atoms with van der Waals surface area (Å²) in [5.41, 5.74) is 2.04. The molecule has 82 valence electrons. The van der Waals surface area contributed by atoms with Crippen molar-refractivity contribution in [2.24, 2.45) is 10.3 Å². The summed E-state index contributed by atoms with van der Waals surface area (Å²) in [6.07, 6.45) is 0. The fourth-order valence-electron chi connectivity index (χ4n) is 1.17. The Labute approximate surface area is 93.3 Å². The molecule has 0 aliphatic carbocycles. The van der Waals surface area contributed by atoms with Crippen LogP contribution in [0.2, 0.25) is 0 Å². The summed E-state index contributed by atoms with van der Waals surface area (Å²) in [5, 5.41) is 24.2. The number of nitriles is 1. The van der Waals surface area contributed by atoms with E-state index in [4.69, 9.17) is 10.5 Å². The molecule has 0 aliphatic heterocycles. The Morgan fingerprint density at radius 2 is 2.00 bits per heavy atom. The summed E-state index contributed by atoms with van der Waals surface area (Å²) in [5.74, 6) is 0. The highest BCUT2D eigenvalue weighted by molar-refractivity contribution is 6.47. The Kier molecular flexibility index (Phi) is 4.04. The SMILES string of the molecule is CON=C(C(C)=NO)c1ccc(C#N)cc1. The van der Waals surface area contributed by atoms with Crippen molar-refractivity contribution >= 4 is 11.4 Å². The van der Waals surface area contributed by atoms with Gasteiger partial charge >= 0.3 is 0 Å². The van der Waals surface area contributed by atoms with Crippen LogP contribution in [0.4, 0.5) is 0 Å². The zero-order valence-electron chi connectivity index (χ0n) is 9.01. The standard InChI is InChI=1S/C11H11N3O2/c1-8(13-15)11(14-16-2)10-5-3-9(7-12)4-6-10/h3-6,15H,1-2H3. The van der Waals surface area contributed by atoms with Crippen LogP contribution in [0, 0.1) is 11.3 Å². The lowest BCUT2D eigenvalue weighted by Crippen LogP contribution is -2.12. The van der Waals surface area contributed by atoms with Gasteiger partial charge in [-0.05, 0) is 19.1 Å². The van der Waals surface area contributed by atoms with E-state index < -0.39 is 0 Å². The quantitative estimate of drug-likeness (QED) is 0.476. The summed E-state index contributed by atoms with van der Waals surface area (Å²) >= 11 is 0. The Hall–Kier alpha value is -2.35. The molecule has 1 N–H and O–H groups in total. The van der Waals surface area contributed by atoms with Gasteiger partial charge in [0.05, 0.1) is 11.6 Å². The molecule has 1 aromatic carbocycles. The summed E-state index contributed by atoms with van der Waals surface area (Å²) in [6.45, 7) is 1.61. The van der Waals surface area contributed by atoms with Crippen molar-refractivity contribution in [2.75, 3.05) is 7.11 Å². The number of hydrogen-bond donors (Lipinski definition) is 1. The van der Waals surface area contributed by atoms with Crippen LogP contribution in [-0.4, -0.2) is 23.7 Å². The maximum atomic E-state index is 8.69. The third-order valence-electron chi connectivity index (χ3n) is 1.96. The molecule has 0 radical (unpaired) electrons. The molecule has 0 unspecified atom stereocenters. The lowest BCUT2D eigenvalue weighted by Gasteiger charge is -2.03. The molecular formula is C11H11N3O2. The van der Waals surface area contributed by atoms with Crippen molar-refractivity contribution in [3.63, 3.8) is 0 Å². The Morgan fingerprint density at radius 3 is 2.44 bits per heavy atom. The molecule has 0 aliphatic rings. The first-order valence-corrected chi connectivity index (χ1v) is 4.53. The molecule has 0 aromatic heterocycles. The third-order valence-corrected chi connectivity index (χ3v) is 1.96. The van der Waals surface area contributed by atoms with E-state index in [-0.39, 0.29) is 0 Å². The molecule has 0 saturated carbocycles. The molecular weight excluding hydrogens is 206 g/mol. The zero-order valence-corrected chi connectivity index (χ0v) is 9.01. The molecule has 5 heteroatoms. The van der Waals surface area contributed by atoms with Crippen molar-refractivity contribution in [3.05, 3.63) is 35.4 Å². The van der Waals surface area contributed by atoms with E-state index in [9.17, 15) is 0 Å². The van der Waals surface area contributed by atoms with E-state index in [0.29, 0.717) is 17.0 Å². The minimum absolute atomic E-state index is 0.339. The molecule has 0 spiro atoms. The minimum atomic E-state index is 0.339. The van der Waals surface area contributed by atoms with Crippen LogP contribution in [0.25, 0.3) is 0 Å². The molecule has 16 heavy (non-hydrogen) atoms. The molecule has 0 saturated heterocycles. The predicted octanol–water partition coefficient (Wildman–Crippen LogP) is 1.76. The van der Waals surface area contributed by atoms with Crippen LogP contribution in [-0.2, 0) is 4.84 Å². The fraction of sp³-hybridized carbons (Fsp3) is 0.182. The number of rotatable bonds is 3. The molecule has 0 heterocycles. The molecule has 1 aromatic rings. The van der Waals surface area contributed by atoms with E-state index in [1.807, 2.05) is 6.07 Å². The van der Waals surface area contributed by atoms with Crippen molar-refractivity contribution in [3.8, 4) is 6.07 Å². The Bertz CT molecular complexity index is 455. The van der Waals surface area contributed by atoms with Gasteiger partial charge in [-0.15, -0.1) is 0 Å². The molecule has 5 nitrogen and oxygen atoms in total. The predicted molar refractivity (Wildman–Crippen MR) is 59.6 cm³/mol. The second kappa shape index (κ2) is 5.51.